The number of hydrogen-bond donors (Lipinski definition) is 2. The highest BCUT2D eigenvalue weighted by Crippen LogP contribution is 2.37. The topological polar surface area (TPSA) is 66.8 Å². The van der Waals surface area contributed by atoms with Gasteiger partial charge in [0.1, 0.15) is 0 Å². The van der Waals surface area contributed by atoms with E-state index in [9.17, 15) is 9.90 Å². The second-order valence-corrected chi connectivity index (χ2v) is 4.61. The normalized spacial score (nSPS) is 10.3. The molecule has 0 saturated heterocycles. The maximum absolute atomic E-state index is 10.5. The van der Waals surface area contributed by atoms with Crippen molar-refractivity contribution >= 4 is 21.9 Å². The molecule has 0 fully saturated rings. The van der Waals surface area contributed by atoms with Crippen LogP contribution in [0.25, 0.3) is 0 Å². The van der Waals surface area contributed by atoms with Gasteiger partial charge in [0.15, 0.2) is 11.5 Å². The molecule has 1 aromatic carbocycles. The van der Waals surface area contributed by atoms with Gasteiger partial charge < -0.3 is 14.9 Å². The molecule has 4 nitrogen and oxygen atoms in total. The van der Waals surface area contributed by atoms with E-state index in [0.29, 0.717) is 18.6 Å². The molecule has 0 unspecified atom stereocenters. The summed E-state index contributed by atoms with van der Waals surface area (Å²) in [5.74, 6) is -0.338. The van der Waals surface area contributed by atoms with Crippen LogP contribution in [0.3, 0.4) is 0 Å². The van der Waals surface area contributed by atoms with Gasteiger partial charge in [-0.2, -0.15) is 0 Å². The van der Waals surface area contributed by atoms with Gasteiger partial charge in [-0.05, 0) is 31.4 Å². The van der Waals surface area contributed by atoms with E-state index in [-0.39, 0.29) is 12.2 Å². The number of methoxy groups -OCH3 is 1. The molecule has 0 amide bonds. The van der Waals surface area contributed by atoms with E-state index >= 15 is 0 Å². The molecule has 1 aromatic rings. The van der Waals surface area contributed by atoms with E-state index < -0.39 is 5.97 Å². The smallest absolute Gasteiger partial charge is 0.303 e. The van der Waals surface area contributed by atoms with Crippen LogP contribution in [0.2, 0.25) is 0 Å². The van der Waals surface area contributed by atoms with Crippen LogP contribution in [-0.2, 0) is 11.2 Å². The number of carboxylic acids is 1. The zero-order valence-electron chi connectivity index (χ0n) is 9.79. The quantitative estimate of drug-likeness (QED) is 0.877. The molecule has 94 valence electrons. The van der Waals surface area contributed by atoms with Gasteiger partial charge in [0.25, 0.3) is 0 Å². The second-order valence-electron chi connectivity index (χ2n) is 3.76. The Kier molecular flexibility index (Phi) is 4.81. The summed E-state index contributed by atoms with van der Waals surface area (Å²) in [4.78, 5) is 10.5. The molecule has 0 atom stereocenters. The number of halogens is 1. The first-order valence-corrected chi connectivity index (χ1v) is 6.03. The fraction of sp³-hybridized carbons (Fsp3) is 0.417. The monoisotopic (exact) mass is 302 g/mol. The van der Waals surface area contributed by atoms with Crippen LogP contribution >= 0.6 is 15.9 Å². The van der Waals surface area contributed by atoms with Crippen LogP contribution in [0.5, 0.6) is 11.5 Å². The maximum Gasteiger partial charge on any atom is 0.303 e. The van der Waals surface area contributed by atoms with Crippen molar-refractivity contribution < 1.29 is 19.7 Å². The molecule has 0 aliphatic carbocycles. The number of carboxylic acid groups (broad SMARTS) is 1. The number of aromatic hydroxyl groups is 1. The number of hydrogen-bond acceptors (Lipinski definition) is 3. The molecule has 2 N–H and O–H groups in total. The average Bonchev–Trinajstić information content (AvgIpc) is 2.27. The summed E-state index contributed by atoms with van der Waals surface area (Å²) in [6.07, 6.45) is 1.09. The van der Waals surface area contributed by atoms with Crippen molar-refractivity contribution in [3.05, 3.63) is 21.7 Å². The number of aliphatic carboxylic acids is 1. The lowest BCUT2D eigenvalue weighted by atomic mass is 10.0. The highest BCUT2D eigenvalue weighted by molar-refractivity contribution is 9.10. The van der Waals surface area contributed by atoms with Crippen LogP contribution in [0.4, 0.5) is 0 Å². The summed E-state index contributed by atoms with van der Waals surface area (Å²) in [5.41, 5.74) is 1.64. The highest BCUT2D eigenvalue weighted by atomic mass is 79.9. The Bertz CT molecular complexity index is 429. The zero-order valence-corrected chi connectivity index (χ0v) is 11.4. The first kappa shape index (κ1) is 13.8. The Morgan fingerprint density at radius 2 is 2.18 bits per heavy atom. The lowest BCUT2D eigenvalue weighted by Crippen LogP contribution is -1.99. The lowest BCUT2D eigenvalue weighted by molar-refractivity contribution is -0.137. The van der Waals surface area contributed by atoms with Crippen LogP contribution in [0.15, 0.2) is 10.5 Å². The summed E-state index contributed by atoms with van der Waals surface area (Å²) in [6, 6.07) is 1.70. The van der Waals surface area contributed by atoms with Crippen LogP contribution in [0.1, 0.15) is 24.0 Å². The average molecular weight is 303 g/mol. The molecule has 0 heterocycles. The molecule has 5 heteroatoms. The van der Waals surface area contributed by atoms with Gasteiger partial charge in [-0.3, -0.25) is 4.79 Å². The lowest BCUT2D eigenvalue weighted by Gasteiger charge is -2.13. The zero-order chi connectivity index (χ0) is 13.0. The molecular weight excluding hydrogens is 288 g/mol. The fourth-order valence-corrected chi connectivity index (χ4v) is 2.09. The van der Waals surface area contributed by atoms with Crippen molar-refractivity contribution in [1.82, 2.24) is 0 Å². The van der Waals surface area contributed by atoms with Gasteiger partial charge in [0.2, 0.25) is 0 Å². The Hall–Kier alpha value is -1.23. The minimum absolute atomic E-state index is 0.0910. The predicted molar refractivity (Wildman–Crippen MR) is 67.7 cm³/mol. The van der Waals surface area contributed by atoms with E-state index in [1.54, 1.807) is 6.07 Å². The van der Waals surface area contributed by atoms with E-state index in [1.165, 1.54) is 7.11 Å². The van der Waals surface area contributed by atoms with Crippen molar-refractivity contribution in [3.8, 4) is 11.5 Å². The fourth-order valence-electron chi connectivity index (χ4n) is 1.64. The number of carbonyl (C=O) groups is 1. The molecule has 0 spiro atoms. The molecule has 0 saturated carbocycles. The molecule has 1 rings (SSSR count). The first-order chi connectivity index (χ1) is 7.97. The van der Waals surface area contributed by atoms with Gasteiger partial charge in [-0.25, -0.2) is 0 Å². The molecule has 0 bridgehead atoms. The molecular formula is C12H15BrO4. The van der Waals surface area contributed by atoms with Crippen molar-refractivity contribution in [2.24, 2.45) is 0 Å². The third kappa shape index (κ3) is 3.36. The van der Waals surface area contributed by atoms with Gasteiger partial charge in [-0.15, -0.1) is 0 Å². The highest BCUT2D eigenvalue weighted by Gasteiger charge is 2.14. The van der Waals surface area contributed by atoms with Crippen molar-refractivity contribution in [2.75, 3.05) is 7.11 Å². The first-order valence-electron chi connectivity index (χ1n) is 5.24. The number of phenols is 1. The van der Waals surface area contributed by atoms with Gasteiger partial charge >= 0.3 is 5.97 Å². The number of rotatable bonds is 5. The van der Waals surface area contributed by atoms with Gasteiger partial charge in [0, 0.05) is 16.5 Å². The van der Waals surface area contributed by atoms with Gasteiger partial charge in [-0.1, -0.05) is 15.9 Å². The predicted octanol–water partition coefficient (Wildman–Crippen LogP) is 2.88. The summed E-state index contributed by atoms with van der Waals surface area (Å²) in [5, 5.41) is 18.6. The minimum Gasteiger partial charge on any atom is -0.504 e. The standard InChI is InChI=1S/C12H15BrO4/c1-7-8(4-3-5-11(14)15)12(16)10(17-2)6-9(7)13/h6,16H,3-5H2,1-2H3,(H,14,15). The maximum atomic E-state index is 10.5. The largest absolute Gasteiger partial charge is 0.504 e. The van der Waals surface area contributed by atoms with Crippen LogP contribution < -0.4 is 4.74 Å². The second kappa shape index (κ2) is 5.91. The molecule has 0 aliphatic rings. The summed E-state index contributed by atoms with van der Waals surface area (Å²) < 4.78 is 5.90. The van der Waals surface area contributed by atoms with Crippen LogP contribution in [-0.4, -0.2) is 23.3 Å². The number of ether oxygens (including phenoxy) is 1. The Balaban J connectivity index is 2.96. The molecule has 17 heavy (non-hydrogen) atoms. The number of phenolic OH excluding ortho intramolecular Hbond substituents is 1. The van der Waals surface area contributed by atoms with E-state index in [0.717, 1.165) is 15.6 Å². The van der Waals surface area contributed by atoms with Gasteiger partial charge in [0.05, 0.1) is 7.11 Å². The SMILES string of the molecule is COc1cc(Br)c(C)c(CCCC(=O)O)c1O. The Labute approximate surface area is 108 Å². The third-order valence-electron chi connectivity index (χ3n) is 2.63. The molecule has 0 aliphatic heterocycles. The third-order valence-corrected chi connectivity index (χ3v) is 3.45. The Morgan fingerprint density at radius 3 is 2.71 bits per heavy atom. The summed E-state index contributed by atoms with van der Waals surface area (Å²) >= 11 is 3.39. The number of benzene rings is 1. The molecule has 0 aromatic heterocycles. The summed E-state index contributed by atoms with van der Waals surface area (Å²) in [6.45, 7) is 1.87. The Morgan fingerprint density at radius 1 is 1.53 bits per heavy atom. The van der Waals surface area contributed by atoms with Crippen LogP contribution in [0, 0.1) is 6.92 Å². The van der Waals surface area contributed by atoms with Crippen molar-refractivity contribution in [1.29, 1.82) is 0 Å². The van der Waals surface area contributed by atoms with E-state index in [4.69, 9.17) is 9.84 Å². The summed E-state index contributed by atoms with van der Waals surface area (Å²) in [7, 11) is 1.48. The van der Waals surface area contributed by atoms with Crippen molar-refractivity contribution in [2.45, 2.75) is 26.2 Å². The molecule has 0 radical (unpaired) electrons. The van der Waals surface area contributed by atoms with E-state index in [1.807, 2.05) is 6.92 Å². The minimum atomic E-state index is -0.830. The van der Waals surface area contributed by atoms with Crippen molar-refractivity contribution in [3.63, 3.8) is 0 Å². The van der Waals surface area contributed by atoms with E-state index in [2.05, 4.69) is 15.9 Å².